The van der Waals surface area contributed by atoms with E-state index in [1.54, 1.807) is 0 Å². The summed E-state index contributed by atoms with van der Waals surface area (Å²) in [7, 11) is 0. The van der Waals surface area contributed by atoms with E-state index >= 15 is 0 Å². The van der Waals surface area contributed by atoms with Crippen LogP contribution in [0.15, 0.2) is 164 Å². The zero-order valence-electron chi connectivity index (χ0n) is 26.6. The van der Waals surface area contributed by atoms with Gasteiger partial charge in [-0.15, -0.1) is 0 Å². The molecule has 8 heteroatoms. The van der Waals surface area contributed by atoms with Crippen LogP contribution >= 0.6 is 11.6 Å². The van der Waals surface area contributed by atoms with E-state index in [4.69, 9.17) is 31.5 Å². The molecule has 238 valence electrons. The summed E-state index contributed by atoms with van der Waals surface area (Å²) in [6.45, 7) is 0. The third-order valence-corrected chi connectivity index (χ3v) is 9.06. The summed E-state index contributed by atoms with van der Waals surface area (Å²) in [6.07, 6.45) is 0. The van der Waals surface area contributed by atoms with Crippen molar-refractivity contribution < 1.29 is 0 Å². The normalized spacial score (nSPS) is 11.3. The summed E-state index contributed by atoms with van der Waals surface area (Å²) >= 11 is 7.24. The Balaban J connectivity index is 1.22. The van der Waals surface area contributed by atoms with E-state index in [0.29, 0.717) is 34.3 Å². The van der Waals surface area contributed by atoms with Crippen LogP contribution in [0.4, 0.5) is 11.8 Å². The monoisotopic (exact) mass is 665 g/mol. The lowest BCUT2D eigenvalue weighted by Gasteiger charge is -2.16. The van der Waals surface area contributed by atoms with Crippen molar-refractivity contribution in [3.05, 3.63) is 169 Å². The lowest BCUT2D eigenvalue weighted by atomic mass is 10.1. The number of benzene rings is 6. The van der Waals surface area contributed by atoms with Gasteiger partial charge in [0.25, 0.3) is 0 Å². The number of aromatic nitrogens is 6. The van der Waals surface area contributed by atoms with Crippen LogP contribution in [0, 0.1) is 0 Å². The van der Waals surface area contributed by atoms with Crippen molar-refractivity contribution in [1.29, 1.82) is 0 Å². The summed E-state index contributed by atoms with van der Waals surface area (Å²) in [6, 6.07) is 54.6. The fourth-order valence-corrected chi connectivity index (χ4v) is 6.65. The molecule has 9 rings (SSSR count). The quantitative estimate of drug-likeness (QED) is 0.183. The Morgan fingerprint density at radius 2 is 0.960 bits per heavy atom. The van der Waals surface area contributed by atoms with Crippen LogP contribution in [-0.2, 0) is 0 Å². The number of nitrogens with one attached hydrogen (secondary N) is 1. The van der Waals surface area contributed by atoms with Crippen molar-refractivity contribution in [2.45, 2.75) is 0 Å². The molecule has 0 unspecified atom stereocenters. The topological polar surface area (TPSA) is 73.5 Å². The largest absolute Gasteiger partial charge is 0.310 e. The zero-order valence-corrected chi connectivity index (χ0v) is 27.4. The highest BCUT2D eigenvalue weighted by atomic mass is 35.5. The Morgan fingerprint density at radius 1 is 0.440 bits per heavy atom. The molecule has 0 aliphatic rings. The minimum Gasteiger partial charge on any atom is -0.310 e. The maximum Gasteiger partial charge on any atom is 0.214 e. The Labute approximate surface area is 293 Å². The molecule has 0 saturated carbocycles. The molecule has 6 aromatic carbocycles. The van der Waals surface area contributed by atoms with Gasteiger partial charge in [-0.25, -0.2) is 19.9 Å². The molecule has 9 aromatic rings. The first-order valence-electron chi connectivity index (χ1n) is 16.3. The lowest BCUT2D eigenvalue weighted by molar-refractivity contribution is 1.06. The second-order valence-corrected chi connectivity index (χ2v) is 12.2. The van der Waals surface area contributed by atoms with E-state index in [0.717, 1.165) is 50.0 Å². The molecule has 7 nitrogen and oxygen atoms in total. The second-order valence-electron chi connectivity index (χ2n) is 11.8. The number of nitrogens with zero attached hydrogens (tertiary/aromatic N) is 6. The molecule has 1 N–H and O–H groups in total. The first-order valence-corrected chi connectivity index (χ1v) is 16.7. The summed E-state index contributed by atoms with van der Waals surface area (Å²) in [5, 5.41) is 5.16. The molecule has 3 aromatic heterocycles. The highest BCUT2D eigenvalue weighted by Crippen LogP contribution is 2.40. The van der Waals surface area contributed by atoms with Crippen molar-refractivity contribution in [3.8, 4) is 45.5 Å². The molecular formula is C42H28ClN7. The molecule has 0 radical (unpaired) electrons. The molecular weight excluding hydrogens is 638 g/mol. The van der Waals surface area contributed by atoms with Crippen molar-refractivity contribution in [3.63, 3.8) is 0 Å². The van der Waals surface area contributed by atoms with E-state index in [-0.39, 0.29) is 0 Å². The smallest absolute Gasteiger partial charge is 0.214 e. The van der Waals surface area contributed by atoms with Crippen LogP contribution < -0.4 is 5.32 Å². The maximum atomic E-state index is 7.24. The summed E-state index contributed by atoms with van der Waals surface area (Å²) in [5.41, 5.74) is 7.36. The molecule has 0 spiro atoms. The molecule has 0 bridgehead atoms. The fourth-order valence-electron chi connectivity index (χ4n) is 6.36. The van der Waals surface area contributed by atoms with Crippen molar-refractivity contribution >= 4 is 45.3 Å². The van der Waals surface area contributed by atoms with Crippen molar-refractivity contribution in [2.24, 2.45) is 0 Å². The van der Waals surface area contributed by atoms with Crippen LogP contribution in [0.25, 0.3) is 67.5 Å². The Morgan fingerprint density at radius 3 is 1.64 bits per heavy atom. The van der Waals surface area contributed by atoms with Gasteiger partial charge in [-0.2, -0.15) is 0 Å². The maximum absolute atomic E-state index is 7.24. The van der Waals surface area contributed by atoms with Gasteiger partial charge in [0.2, 0.25) is 5.95 Å². The predicted molar refractivity (Wildman–Crippen MR) is 202 cm³/mol. The van der Waals surface area contributed by atoms with Gasteiger partial charge in [0.15, 0.2) is 17.5 Å². The van der Waals surface area contributed by atoms with E-state index in [9.17, 15) is 0 Å². The highest BCUT2D eigenvalue weighted by Gasteiger charge is 2.21. The lowest BCUT2D eigenvalue weighted by Crippen LogP contribution is -2.06. The van der Waals surface area contributed by atoms with Crippen molar-refractivity contribution in [1.82, 2.24) is 29.1 Å². The SMILES string of the molecule is Clc1c(Nc2nc3ccccc3n2-c2ccccc2)n(-c2cccc(-c3nc(-c4ccccc4)nc(-c4ccccc4)n3)c2)c2ccccc12. The standard InChI is InChI=1S/C42H28ClN7/c43-37-33-23-10-12-25-35(33)49(41(37)48-42-44-34-24-11-13-26-36(34)50(42)31-20-8-3-9-21-31)32-22-14-19-30(27-32)40-46-38(28-15-4-1-5-16-28)45-39(47-40)29-17-6-2-7-18-29/h1-27H,(H,44,48). The van der Waals surface area contributed by atoms with E-state index in [1.807, 2.05) is 127 Å². The fraction of sp³-hybridized carbons (Fsp3) is 0. The third kappa shape index (κ3) is 5.26. The van der Waals surface area contributed by atoms with Gasteiger partial charge in [0.1, 0.15) is 5.82 Å². The Hall–Kier alpha value is -6.57. The molecule has 0 saturated heterocycles. The van der Waals surface area contributed by atoms with Crippen LogP contribution in [0.1, 0.15) is 0 Å². The number of hydrogen-bond acceptors (Lipinski definition) is 5. The summed E-state index contributed by atoms with van der Waals surface area (Å²) in [4.78, 5) is 19.8. The Bertz CT molecular complexity index is 2570. The molecule has 0 aliphatic carbocycles. The number of fused-ring (bicyclic) bond motifs is 2. The number of para-hydroxylation sites is 4. The predicted octanol–water partition coefficient (Wildman–Crippen LogP) is 10.6. The van der Waals surface area contributed by atoms with Crippen molar-refractivity contribution in [2.75, 3.05) is 5.32 Å². The number of imidazole rings is 1. The van der Waals surface area contributed by atoms with Gasteiger partial charge < -0.3 is 5.32 Å². The van der Waals surface area contributed by atoms with Crippen LogP contribution in [0.2, 0.25) is 5.02 Å². The van der Waals surface area contributed by atoms with Gasteiger partial charge in [-0.3, -0.25) is 9.13 Å². The van der Waals surface area contributed by atoms with Gasteiger partial charge in [0.05, 0.1) is 21.6 Å². The molecule has 0 amide bonds. The average Bonchev–Trinajstić information content (AvgIpc) is 3.70. The van der Waals surface area contributed by atoms with Gasteiger partial charge in [-0.05, 0) is 42.5 Å². The van der Waals surface area contributed by atoms with Crippen LogP contribution in [0.5, 0.6) is 0 Å². The van der Waals surface area contributed by atoms with E-state index in [1.165, 1.54) is 0 Å². The average molecular weight is 666 g/mol. The third-order valence-electron chi connectivity index (χ3n) is 8.68. The molecule has 50 heavy (non-hydrogen) atoms. The van der Waals surface area contributed by atoms with E-state index < -0.39 is 0 Å². The van der Waals surface area contributed by atoms with Crippen LogP contribution in [0.3, 0.4) is 0 Å². The second kappa shape index (κ2) is 12.5. The van der Waals surface area contributed by atoms with E-state index in [2.05, 4.69) is 50.8 Å². The number of rotatable bonds is 7. The van der Waals surface area contributed by atoms with Gasteiger partial charge in [-0.1, -0.05) is 133 Å². The first kappa shape index (κ1) is 29.6. The molecule has 0 aliphatic heterocycles. The number of halogens is 1. The van der Waals surface area contributed by atoms with Gasteiger partial charge in [0, 0.05) is 33.5 Å². The highest BCUT2D eigenvalue weighted by molar-refractivity contribution is 6.38. The van der Waals surface area contributed by atoms with Gasteiger partial charge >= 0.3 is 0 Å². The first-order chi connectivity index (χ1) is 24.7. The molecule has 3 heterocycles. The minimum absolute atomic E-state index is 0.572. The zero-order chi connectivity index (χ0) is 33.4. The van der Waals surface area contributed by atoms with Crippen LogP contribution in [-0.4, -0.2) is 29.1 Å². The number of hydrogen-bond donors (Lipinski definition) is 1. The molecule has 0 fully saturated rings. The number of anilines is 2. The Kier molecular flexibility index (Phi) is 7.37. The molecule has 0 atom stereocenters. The summed E-state index contributed by atoms with van der Waals surface area (Å²) < 4.78 is 4.25. The summed E-state index contributed by atoms with van der Waals surface area (Å²) in [5.74, 6) is 3.13. The minimum atomic E-state index is 0.572.